The summed E-state index contributed by atoms with van der Waals surface area (Å²) in [7, 11) is -4.51. The van der Waals surface area contributed by atoms with Crippen molar-refractivity contribution >= 4 is 21.6 Å². The third-order valence-electron chi connectivity index (χ3n) is 7.70. The Morgan fingerprint density at radius 2 is 1.81 bits per heavy atom. The van der Waals surface area contributed by atoms with E-state index in [1.54, 1.807) is 6.92 Å². The molecular formula is C29H27F6N5O6S. The first-order chi connectivity index (χ1) is 22.0. The quantitative estimate of drug-likeness (QED) is 0.285. The molecule has 0 fully saturated rings. The number of benzene rings is 1. The number of aliphatic carboxylic acids is 1. The molecule has 47 heavy (non-hydrogen) atoms. The van der Waals surface area contributed by atoms with Crippen molar-refractivity contribution in [2.45, 2.75) is 49.7 Å². The Morgan fingerprint density at radius 3 is 2.51 bits per heavy atom. The number of pyridine rings is 2. The maximum atomic E-state index is 15.6. The lowest BCUT2D eigenvalue weighted by Gasteiger charge is -2.28. The van der Waals surface area contributed by atoms with E-state index in [2.05, 4.69) is 15.2 Å². The molecule has 0 aliphatic carbocycles. The van der Waals surface area contributed by atoms with Crippen LogP contribution in [0.2, 0.25) is 0 Å². The van der Waals surface area contributed by atoms with E-state index in [4.69, 9.17) is 9.47 Å². The van der Waals surface area contributed by atoms with Crippen molar-refractivity contribution < 1.29 is 54.1 Å². The number of aromatic nitrogens is 4. The van der Waals surface area contributed by atoms with Gasteiger partial charge in [-0.15, -0.1) is 10.2 Å². The summed E-state index contributed by atoms with van der Waals surface area (Å²) in [5.74, 6) is -11.9. The lowest BCUT2D eigenvalue weighted by Crippen LogP contribution is -2.37. The lowest BCUT2D eigenvalue weighted by atomic mass is 9.83. The smallest absolute Gasteiger partial charge is 0.452 e. The maximum absolute atomic E-state index is 15.6. The van der Waals surface area contributed by atoms with E-state index >= 15 is 8.78 Å². The molecule has 0 spiro atoms. The molecule has 5 rings (SSSR count). The number of hydrogen-bond donors (Lipinski definition) is 1. The van der Waals surface area contributed by atoms with E-state index < -0.39 is 62.7 Å². The molecule has 1 aliphatic heterocycles. The minimum absolute atomic E-state index is 0.0565. The van der Waals surface area contributed by atoms with Gasteiger partial charge >= 0.3 is 18.1 Å². The van der Waals surface area contributed by atoms with Crippen LogP contribution in [0, 0.1) is 19.7 Å². The van der Waals surface area contributed by atoms with Crippen LogP contribution >= 0.6 is 0 Å². The summed E-state index contributed by atoms with van der Waals surface area (Å²) < 4.78 is 126. The van der Waals surface area contributed by atoms with Gasteiger partial charge in [-0.25, -0.2) is 22.6 Å². The summed E-state index contributed by atoms with van der Waals surface area (Å²) in [6.07, 6.45) is -3.09. The summed E-state index contributed by atoms with van der Waals surface area (Å²) in [4.78, 5) is 15.1. The van der Waals surface area contributed by atoms with Crippen molar-refractivity contribution in [1.82, 2.24) is 23.9 Å². The van der Waals surface area contributed by atoms with Crippen LogP contribution in [0.15, 0.2) is 47.6 Å². The summed E-state index contributed by atoms with van der Waals surface area (Å²) >= 11 is 0. The Hall–Kier alpha value is -4.29. The monoisotopic (exact) mass is 687 g/mol. The second-order valence-electron chi connectivity index (χ2n) is 10.8. The molecule has 3 aromatic heterocycles. The number of sulfonamides is 1. The van der Waals surface area contributed by atoms with Gasteiger partial charge in [0.25, 0.3) is 0 Å². The zero-order valence-electron chi connectivity index (χ0n) is 24.8. The normalized spacial score (nSPS) is 17.0. The second kappa shape index (κ2) is 12.7. The SMILES string of the molecule is Cc1ccc([C@@H](c2ccn3c(C(F)(F)F)nnc3c2C)C(F)(F)C(=O)O)cc1CN1CCCOCCOc2ncc(F)cc2S1(=O)=O. The van der Waals surface area contributed by atoms with Crippen LogP contribution in [0.1, 0.15) is 46.0 Å². The van der Waals surface area contributed by atoms with Gasteiger partial charge < -0.3 is 14.6 Å². The average Bonchev–Trinajstić information content (AvgIpc) is 3.44. The number of aryl methyl sites for hydroxylation is 2. The molecule has 1 atom stereocenters. The van der Waals surface area contributed by atoms with Gasteiger partial charge in [-0.2, -0.15) is 26.3 Å². The van der Waals surface area contributed by atoms with Crippen LogP contribution in [0.25, 0.3) is 5.65 Å². The molecule has 0 bridgehead atoms. The van der Waals surface area contributed by atoms with Crippen molar-refractivity contribution in [3.05, 3.63) is 82.2 Å². The van der Waals surface area contributed by atoms with Crippen molar-refractivity contribution in [3.63, 3.8) is 0 Å². The van der Waals surface area contributed by atoms with Gasteiger partial charge in [0.1, 0.15) is 17.3 Å². The van der Waals surface area contributed by atoms with E-state index in [1.807, 2.05) is 0 Å². The molecule has 0 radical (unpaired) electrons. The van der Waals surface area contributed by atoms with Crippen molar-refractivity contribution in [1.29, 1.82) is 0 Å². The Labute approximate surface area is 263 Å². The number of nitrogens with zero attached hydrogens (tertiary/aromatic N) is 5. The highest BCUT2D eigenvalue weighted by Gasteiger charge is 2.50. The van der Waals surface area contributed by atoms with Crippen molar-refractivity contribution in [2.24, 2.45) is 0 Å². The molecule has 0 unspecified atom stereocenters. The number of carboxylic acid groups (broad SMARTS) is 1. The first-order valence-corrected chi connectivity index (χ1v) is 15.5. The van der Waals surface area contributed by atoms with Crippen molar-refractivity contribution in [2.75, 3.05) is 26.4 Å². The Morgan fingerprint density at radius 1 is 1.06 bits per heavy atom. The standard InChI is InChI=1S/C29H27F6N5O6S/c1-16-4-5-18(23(28(31,32)27(41)42)21-6-8-40-24(17(21)2)37-38-26(40)29(33,34)35)12-19(16)15-39-7-3-9-45-10-11-46-25-22(47(39,43)44)13-20(30)14-36-25/h4-6,8,12-14,23H,3,7,9-11,15H2,1-2H3,(H,41,42)/t23-/m0/s1. The molecule has 1 N–H and O–H groups in total. The van der Waals surface area contributed by atoms with Gasteiger partial charge in [0.15, 0.2) is 5.65 Å². The molecular weight excluding hydrogens is 660 g/mol. The topological polar surface area (TPSA) is 136 Å². The number of carbonyl (C=O) groups is 1. The largest absolute Gasteiger partial charge is 0.477 e. The lowest BCUT2D eigenvalue weighted by molar-refractivity contribution is -0.166. The molecule has 4 aromatic rings. The van der Waals surface area contributed by atoms with Crippen LogP contribution in [0.4, 0.5) is 26.3 Å². The highest BCUT2D eigenvalue weighted by Crippen LogP contribution is 2.42. The maximum Gasteiger partial charge on any atom is 0.452 e. The fraction of sp³-hybridized carbons (Fsp3) is 0.379. The summed E-state index contributed by atoms with van der Waals surface area (Å²) in [5, 5.41) is 16.2. The molecule has 0 amide bonds. The zero-order valence-corrected chi connectivity index (χ0v) is 25.6. The molecule has 0 saturated heterocycles. The molecule has 0 saturated carbocycles. The minimum Gasteiger partial charge on any atom is -0.477 e. The highest BCUT2D eigenvalue weighted by molar-refractivity contribution is 7.89. The number of hydrogen-bond acceptors (Lipinski definition) is 8. The fourth-order valence-corrected chi connectivity index (χ4v) is 6.86. The van der Waals surface area contributed by atoms with E-state index in [9.17, 15) is 35.9 Å². The average molecular weight is 688 g/mol. The van der Waals surface area contributed by atoms with Gasteiger partial charge in [-0.05, 0) is 54.2 Å². The second-order valence-corrected chi connectivity index (χ2v) is 12.7. The molecule has 1 aromatic carbocycles. The number of ether oxygens (including phenoxy) is 2. The minimum atomic E-state index is -4.91. The Kier molecular flexibility index (Phi) is 9.22. The van der Waals surface area contributed by atoms with Crippen LogP contribution in [0.3, 0.4) is 0 Å². The number of rotatable bonds is 6. The molecule has 18 heteroatoms. The Bertz CT molecular complexity index is 1930. The van der Waals surface area contributed by atoms with Gasteiger partial charge in [0.2, 0.25) is 21.7 Å². The van der Waals surface area contributed by atoms with Gasteiger partial charge in [-0.3, -0.25) is 4.40 Å². The van der Waals surface area contributed by atoms with Crippen LogP contribution in [0.5, 0.6) is 5.88 Å². The predicted octanol–water partition coefficient (Wildman–Crippen LogP) is 4.74. The van der Waals surface area contributed by atoms with Gasteiger partial charge in [0, 0.05) is 32.0 Å². The third kappa shape index (κ3) is 6.62. The number of halogens is 6. The molecule has 252 valence electrons. The molecule has 1 aliphatic rings. The zero-order chi connectivity index (χ0) is 34.3. The summed E-state index contributed by atoms with van der Waals surface area (Å²) in [6, 6.07) is 5.53. The molecule has 4 heterocycles. The van der Waals surface area contributed by atoms with Gasteiger partial charge in [-0.1, -0.05) is 18.2 Å². The van der Waals surface area contributed by atoms with Crippen molar-refractivity contribution in [3.8, 4) is 5.88 Å². The van der Waals surface area contributed by atoms with Gasteiger partial charge in [0.05, 0.1) is 18.7 Å². The number of alkyl halides is 5. The number of fused-ring (bicyclic) bond motifs is 2. The van der Waals surface area contributed by atoms with Crippen LogP contribution in [-0.2, 0) is 32.3 Å². The van der Waals surface area contributed by atoms with Crippen LogP contribution < -0.4 is 4.74 Å². The third-order valence-corrected chi connectivity index (χ3v) is 9.54. The van der Waals surface area contributed by atoms with E-state index in [1.165, 1.54) is 25.1 Å². The van der Waals surface area contributed by atoms with E-state index in [-0.39, 0.29) is 60.9 Å². The first kappa shape index (κ1) is 34.1. The summed E-state index contributed by atoms with van der Waals surface area (Å²) in [5.41, 5.74) is -0.554. The summed E-state index contributed by atoms with van der Waals surface area (Å²) in [6.45, 7) is 2.43. The van der Waals surface area contributed by atoms with E-state index in [0.717, 1.165) is 28.8 Å². The molecule has 11 nitrogen and oxygen atoms in total. The van der Waals surface area contributed by atoms with E-state index in [0.29, 0.717) is 9.96 Å². The first-order valence-electron chi connectivity index (χ1n) is 14.0. The van der Waals surface area contributed by atoms with Crippen LogP contribution in [-0.4, -0.2) is 75.7 Å². The number of carboxylic acids is 1. The fourth-order valence-electron chi connectivity index (χ4n) is 5.31. The Balaban J connectivity index is 1.62. The highest BCUT2D eigenvalue weighted by atomic mass is 32.2. The predicted molar refractivity (Wildman–Crippen MR) is 151 cm³/mol.